The summed E-state index contributed by atoms with van der Waals surface area (Å²) in [7, 11) is 0. The van der Waals surface area contributed by atoms with Crippen LogP contribution in [0, 0.1) is 0 Å². The maximum atomic E-state index is 11.5. The minimum Gasteiger partial charge on any atom is -0.484 e. The van der Waals surface area contributed by atoms with Crippen LogP contribution in [-0.4, -0.2) is 30.3 Å². The lowest BCUT2D eigenvalue weighted by molar-refractivity contribution is -0.123. The van der Waals surface area contributed by atoms with Gasteiger partial charge in [0, 0.05) is 12.6 Å². The predicted octanol–water partition coefficient (Wildman–Crippen LogP) is 1.51. The summed E-state index contributed by atoms with van der Waals surface area (Å²) in [6.45, 7) is 4.15. The Morgan fingerprint density at radius 3 is 2.61 bits per heavy atom. The molecule has 0 bridgehead atoms. The Labute approximate surface area is 108 Å². The second kappa shape index (κ2) is 7.71. The van der Waals surface area contributed by atoms with E-state index in [2.05, 4.69) is 5.32 Å². The Morgan fingerprint density at radius 2 is 2.06 bits per heavy atom. The number of carbonyl (C=O) groups is 1. The van der Waals surface area contributed by atoms with Crippen molar-refractivity contribution in [3.8, 4) is 5.75 Å². The zero-order chi connectivity index (χ0) is 13.4. The topological polar surface area (TPSA) is 58.6 Å². The molecule has 1 aromatic carbocycles. The molecular weight excluding hydrogens is 230 g/mol. The number of hydrogen-bond acceptors (Lipinski definition) is 3. The molecule has 0 aliphatic rings. The molecule has 0 heterocycles. The highest BCUT2D eigenvalue weighted by molar-refractivity contribution is 5.77. The molecule has 0 saturated heterocycles. The monoisotopic (exact) mass is 251 g/mol. The third-order valence-electron chi connectivity index (χ3n) is 2.71. The quantitative estimate of drug-likeness (QED) is 0.772. The van der Waals surface area contributed by atoms with Crippen molar-refractivity contribution >= 4 is 5.91 Å². The van der Waals surface area contributed by atoms with Crippen molar-refractivity contribution in [1.82, 2.24) is 5.32 Å². The largest absolute Gasteiger partial charge is 0.484 e. The number of benzene rings is 1. The second-order valence-electron chi connectivity index (χ2n) is 4.28. The fraction of sp³-hybridized carbons (Fsp3) is 0.500. The molecule has 0 spiro atoms. The Hall–Kier alpha value is -1.55. The minimum atomic E-state index is -0.108. The third-order valence-corrected chi connectivity index (χ3v) is 2.71. The van der Waals surface area contributed by atoms with Gasteiger partial charge in [-0.3, -0.25) is 4.79 Å². The smallest absolute Gasteiger partial charge is 0.258 e. The fourth-order valence-electron chi connectivity index (χ4n) is 1.45. The van der Waals surface area contributed by atoms with Crippen LogP contribution in [0.1, 0.15) is 25.8 Å². The summed E-state index contributed by atoms with van der Waals surface area (Å²) in [5.74, 6) is 0.555. The van der Waals surface area contributed by atoms with Gasteiger partial charge in [-0.2, -0.15) is 0 Å². The Kier molecular flexibility index (Phi) is 6.22. The van der Waals surface area contributed by atoms with Crippen LogP contribution in [0.4, 0.5) is 0 Å². The molecule has 18 heavy (non-hydrogen) atoms. The lowest BCUT2D eigenvalue weighted by Crippen LogP contribution is -2.35. The number of rotatable bonds is 7. The zero-order valence-corrected chi connectivity index (χ0v) is 11.0. The van der Waals surface area contributed by atoms with Crippen molar-refractivity contribution in [1.29, 1.82) is 0 Å². The van der Waals surface area contributed by atoms with Crippen LogP contribution in [0.3, 0.4) is 0 Å². The van der Waals surface area contributed by atoms with Gasteiger partial charge in [-0.05, 0) is 37.5 Å². The van der Waals surface area contributed by atoms with Crippen LogP contribution < -0.4 is 10.1 Å². The van der Waals surface area contributed by atoms with Crippen molar-refractivity contribution < 1.29 is 14.6 Å². The number of aliphatic hydroxyl groups excluding tert-OH is 1. The molecular formula is C14H21NO3. The van der Waals surface area contributed by atoms with Gasteiger partial charge in [0.25, 0.3) is 5.91 Å². The number of hydrogen-bond donors (Lipinski definition) is 2. The molecule has 100 valence electrons. The highest BCUT2D eigenvalue weighted by atomic mass is 16.5. The van der Waals surface area contributed by atoms with E-state index in [1.807, 2.05) is 38.1 Å². The summed E-state index contributed by atoms with van der Waals surface area (Å²) in [5.41, 5.74) is 1.05. The van der Waals surface area contributed by atoms with E-state index in [1.54, 1.807) is 0 Å². The van der Waals surface area contributed by atoms with Gasteiger partial charge in [0.15, 0.2) is 6.61 Å². The maximum absolute atomic E-state index is 11.5. The van der Waals surface area contributed by atoms with Crippen molar-refractivity contribution in [2.24, 2.45) is 0 Å². The van der Waals surface area contributed by atoms with Gasteiger partial charge in [0.1, 0.15) is 5.75 Å². The molecule has 1 atom stereocenters. The van der Waals surface area contributed by atoms with Crippen molar-refractivity contribution in [3.05, 3.63) is 29.8 Å². The van der Waals surface area contributed by atoms with Crippen molar-refractivity contribution in [3.63, 3.8) is 0 Å². The standard InChI is InChI=1S/C14H21NO3/c1-3-11(2)15-14(17)10-18-13-6-4-12(5-7-13)8-9-16/h4-7,11,16H,3,8-10H2,1-2H3,(H,15,17). The van der Waals surface area contributed by atoms with Gasteiger partial charge < -0.3 is 15.2 Å². The van der Waals surface area contributed by atoms with Crippen LogP contribution >= 0.6 is 0 Å². The van der Waals surface area contributed by atoms with Gasteiger partial charge in [0.05, 0.1) is 0 Å². The molecule has 1 rings (SSSR count). The van der Waals surface area contributed by atoms with E-state index in [9.17, 15) is 4.79 Å². The number of aliphatic hydroxyl groups is 1. The van der Waals surface area contributed by atoms with Crippen molar-refractivity contribution in [2.45, 2.75) is 32.7 Å². The average Bonchev–Trinajstić information content (AvgIpc) is 2.38. The van der Waals surface area contributed by atoms with E-state index in [0.29, 0.717) is 12.2 Å². The van der Waals surface area contributed by atoms with Crippen LogP contribution in [0.15, 0.2) is 24.3 Å². The van der Waals surface area contributed by atoms with Crippen LogP contribution in [0.25, 0.3) is 0 Å². The lowest BCUT2D eigenvalue weighted by atomic mass is 10.1. The summed E-state index contributed by atoms with van der Waals surface area (Å²) in [4.78, 5) is 11.5. The molecule has 1 amide bonds. The summed E-state index contributed by atoms with van der Waals surface area (Å²) in [6.07, 6.45) is 1.54. The molecule has 4 heteroatoms. The first kappa shape index (κ1) is 14.5. The van der Waals surface area contributed by atoms with E-state index in [4.69, 9.17) is 9.84 Å². The molecule has 1 unspecified atom stereocenters. The molecule has 0 radical (unpaired) electrons. The number of ether oxygens (including phenoxy) is 1. The SMILES string of the molecule is CCC(C)NC(=O)COc1ccc(CCO)cc1. The van der Waals surface area contributed by atoms with E-state index >= 15 is 0 Å². The molecule has 0 aliphatic carbocycles. The minimum absolute atomic E-state index is 0.0314. The zero-order valence-electron chi connectivity index (χ0n) is 11.0. The predicted molar refractivity (Wildman–Crippen MR) is 70.6 cm³/mol. The first-order valence-electron chi connectivity index (χ1n) is 6.27. The van der Waals surface area contributed by atoms with Gasteiger partial charge >= 0.3 is 0 Å². The van der Waals surface area contributed by atoms with Gasteiger partial charge in [-0.15, -0.1) is 0 Å². The van der Waals surface area contributed by atoms with Crippen LogP contribution in [-0.2, 0) is 11.2 Å². The van der Waals surface area contributed by atoms with Crippen LogP contribution in [0.2, 0.25) is 0 Å². The van der Waals surface area contributed by atoms with E-state index in [0.717, 1.165) is 12.0 Å². The van der Waals surface area contributed by atoms with Gasteiger partial charge in [0.2, 0.25) is 0 Å². The van der Waals surface area contributed by atoms with Crippen molar-refractivity contribution in [2.75, 3.05) is 13.2 Å². The van der Waals surface area contributed by atoms with Crippen LogP contribution in [0.5, 0.6) is 5.75 Å². The lowest BCUT2D eigenvalue weighted by Gasteiger charge is -2.12. The molecule has 1 aromatic rings. The summed E-state index contributed by atoms with van der Waals surface area (Å²) < 4.78 is 5.37. The third kappa shape index (κ3) is 5.19. The molecule has 4 nitrogen and oxygen atoms in total. The Balaban J connectivity index is 2.36. The van der Waals surface area contributed by atoms with E-state index in [-0.39, 0.29) is 25.2 Å². The normalized spacial score (nSPS) is 11.9. The summed E-state index contributed by atoms with van der Waals surface area (Å²) in [6, 6.07) is 7.56. The molecule has 0 aliphatic heterocycles. The fourth-order valence-corrected chi connectivity index (χ4v) is 1.45. The van der Waals surface area contributed by atoms with Gasteiger partial charge in [-0.25, -0.2) is 0 Å². The van der Waals surface area contributed by atoms with E-state index in [1.165, 1.54) is 0 Å². The average molecular weight is 251 g/mol. The number of carbonyl (C=O) groups excluding carboxylic acids is 1. The first-order valence-corrected chi connectivity index (χ1v) is 6.27. The molecule has 0 aromatic heterocycles. The Bertz CT molecular complexity index is 362. The molecule has 0 fully saturated rings. The van der Waals surface area contributed by atoms with Gasteiger partial charge in [-0.1, -0.05) is 19.1 Å². The summed E-state index contributed by atoms with van der Waals surface area (Å²) >= 11 is 0. The second-order valence-corrected chi connectivity index (χ2v) is 4.28. The molecule has 0 saturated carbocycles. The maximum Gasteiger partial charge on any atom is 0.258 e. The summed E-state index contributed by atoms with van der Waals surface area (Å²) in [5, 5.41) is 11.6. The Morgan fingerprint density at radius 1 is 1.39 bits per heavy atom. The number of nitrogens with one attached hydrogen (secondary N) is 1. The van der Waals surface area contributed by atoms with E-state index < -0.39 is 0 Å². The first-order chi connectivity index (χ1) is 8.65. The molecule has 2 N–H and O–H groups in total. The highest BCUT2D eigenvalue weighted by Gasteiger charge is 2.06. The highest BCUT2D eigenvalue weighted by Crippen LogP contribution is 2.12. The number of amides is 1.